The molecule has 3 aromatic rings. The first-order valence-corrected chi connectivity index (χ1v) is 12.5. The number of carbonyl (C=O) groups excluding carboxylic acids is 1. The second-order valence-corrected chi connectivity index (χ2v) is 10.0. The molecule has 1 atom stereocenters. The van der Waals surface area contributed by atoms with E-state index >= 15 is 0 Å². The predicted octanol–water partition coefficient (Wildman–Crippen LogP) is 3.81. The summed E-state index contributed by atoms with van der Waals surface area (Å²) in [5.74, 6) is 0.679. The zero-order valence-electron chi connectivity index (χ0n) is 20.5. The number of piperazine rings is 1. The van der Waals surface area contributed by atoms with Crippen molar-refractivity contribution in [2.24, 2.45) is 5.92 Å². The fourth-order valence-electron chi connectivity index (χ4n) is 5.42. The normalized spacial score (nSPS) is 19.2. The number of ether oxygens (including phenoxy) is 1. The number of nitrogens with zero attached hydrogens (tertiary/aromatic N) is 4. The summed E-state index contributed by atoms with van der Waals surface area (Å²) >= 11 is 0. The van der Waals surface area contributed by atoms with Gasteiger partial charge >= 0.3 is 0 Å². The first-order chi connectivity index (χ1) is 16.5. The molecule has 8 heteroatoms. The van der Waals surface area contributed by atoms with Crippen molar-refractivity contribution in [1.29, 1.82) is 0 Å². The fraction of sp³-hybridized carbons (Fsp3) is 0.593. The molecule has 2 fully saturated rings. The van der Waals surface area contributed by atoms with Crippen LogP contribution in [-0.2, 0) is 11.3 Å². The number of pyridine rings is 1. The molecule has 1 aromatic carbocycles. The highest BCUT2D eigenvalue weighted by Gasteiger charge is 2.28. The van der Waals surface area contributed by atoms with Crippen molar-refractivity contribution in [3.05, 3.63) is 39.8 Å². The largest absolute Gasteiger partial charge is 0.385 e. The SMILES string of the molecule is C.COCCCN1CCN(C(=O)c2cc3c(cc2C)[nH]c(=O)c2cnn(CC4CCC4)c23)C[C@H]1C. The number of aromatic amines is 1. The van der Waals surface area contributed by atoms with Gasteiger partial charge < -0.3 is 14.6 Å². The Balaban J connectivity index is 0.00000289. The average molecular weight is 482 g/mol. The van der Waals surface area contributed by atoms with E-state index in [1.54, 1.807) is 13.3 Å². The molecule has 0 bridgehead atoms. The molecule has 8 nitrogen and oxygen atoms in total. The van der Waals surface area contributed by atoms with Crippen molar-refractivity contribution in [1.82, 2.24) is 24.6 Å². The minimum absolute atomic E-state index is 0. The lowest BCUT2D eigenvalue weighted by Crippen LogP contribution is -2.53. The van der Waals surface area contributed by atoms with E-state index in [9.17, 15) is 9.59 Å². The molecule has 0 spiro atoms. The van der Waals surface area contributed by atoms with Gasteiger partial charge in [-0.2, -0.15) is 5.10 Å². The highest BCUT2D eigenvalue weighted by atomic mass is 16.5. The fourth-order valence-corrected chi connectivity index (χ4v) is 5.42. The first kappa shape index (κ1) is 25.4. The minimum atomic E-state index is -0.126. The lowest BCUT2D eigenvalue weighted by molar-refractivity contribution is 0.0490. The number of aromatic nitrogens is 3. The maximum atomic E-state index is 13.6. The molecule has 1 N–H and O–H groups in total. The molecular formula is C27H39N5O3. The van der Waals surface area contributed by atoms with Crippen LogP contribution in [0.2, 0.25) is 0 Å². The van der Waals surface area contributed by atoms with E-state index in [-0.39, 0.29) is 18.9 Å². The van der Waals surface area contributed by atoms with E-state index in [1.165, 1.54) is 19.3 Å². The van der Waals surface area contributed by atoms with Crippen molar-refractivity contribution >= 4 is 27.7 Å². The van der Waals surface area contributed by atoms with Gasteiger partial charge in [0.25, 0.3) is 11.5 Å². The number of hydrogen-bond acceptors (Lipinski definition) is 5. The van der Waals surface area contributed by atoms with E-state index < -0.39 is 0 Å². The Hall–Kier alpha value is -2.71. The molecule has 1 amide bonds. The van der Waals surface area contributed by atoms with Gasteiger partial charge in [-0.15, -0.1) is 0 Å². The number of H-pyrrole nitrogens is 1. The number of aryl methyl sites for hydroxylation is 1. The lowest BCUT2D eigenvalue weighted by atomic mass is 9.85. The van der Waals surface area contributed by atoms with Crippen LogP contribution in [0.15, 0.2) is 23.1 Å². The highest BCUT2D eigenvalue weighted by molar-refractivity contribution is 6.07. The van der Waals surface area contributed by atoms with Crippen LogP contribution in [0.5, 0.6) is 0 Å². The molecule has 190 valence electrons. The topological polar surface area (TPSA) is 83.5 Å². The highest BCUT2D eigenvalue weighted by Crippen LogP contribution is 2.31. The number of nitrogens with one attached hydrogen (secondary N) is 1. The molecule has 3 heterocycles. The monoisotopic (exact) mass is 481 g/mol. The molecular weight excluding hydrogens is 442 g/mol. The Labute approximate surface area is 207 Å². The number of methoxy groups -OCH3 is 1. The molecule has 0 unspecified atom stereocenters. The van der Waals surface area contributed by atoms with Crippen molar-refractivity contribution in [2.45, 2.75) is 59.5 Å². The first-order valence-electron chi connectivity index (χ1n) is 12.5. The van der Waals surface area contributed by atoms with Gasteiger partial charge in [-0.1, -0.05) is 13.8 Å². The van der Waals surface area contributed by atoms with Crippen molar-refractivity contribution < 1.29 is 9.53 Å². The van der Waals surface area contributed by atoms with Crippen molar-refractivity contribution in [3.63, 3.8) is 0 Å². The summed E-state index contributed by atoms with van der Waals surface area (Å²) in [5.41, 5.74) is 3.07. The number of carbonyl (C=O) groups is 1. The molecule has 1 saturated heterocycles. The van der Waals surface area contributed by atoms with Crippen molar-refractivity contribution in [3.8, 4) is 0 Å². The molecule has 2 aromatic heterocycles. The van der Waals surface area contributed by atoms with Gasteiger partial charge in [0.1, 0.15) is 0 Å². The Kier molecular flexibility index (Phi) is 7.62. The van der Waals surface area contributed by atoms with E-state index in [1.807, 2.05) is 28.6 Å². The Morgan fingerprint density at radius 2 is 2.03 bits per heavy atom. The second kappa shape index (κ2) is 10.5. The summed E-state index contributed by atoms with van der Waals surface area (Å²) in [7, 11) is 1.73. The second-order valence-electron chi connectivity index (χ2n) is 10.0. The number of hydrogen-bond donors (Lipinski definition) is 1. The summed E-state index contributed by atoms with van der Waals surface area (Å²) in [5, 5.41) is 6.04. The van der Waals surface area contributed by atoms with Gasteiger partial charge in [0.2, 0.25) is 0 Å². The average Bonchev–Trinajstić information content (AvgIpc) is 3.21. The molecule has 35 heavy (non-hydrogen) atoms. The number of benzene rings is 1. The van der Waals surface area contributed by atoms with Gasteiger partial charge in [-0.05, 0) is 56.7 Å². The van der Waals surface area contributed by atoms with Gasteiger partial charge in [0, 0.05) is 63.4 Å². The van der Waals surface area contributed by atoms with Crippen molar-refractivity contribution in [2.75, 3.05) is 39.9 Å². The summed E-state index contributed by atoms with van der Waals surface area (Å²) in [6.07, 6.45) is 6.35. The zero-order chi connectivity index (χ0) is 23.8. The predicted molar refractivity (Wildman–Crippen MR) is 140 cm³/mol. The molecule has 1 aliphatic heterocycles. The molecule has 5 rings (SSSR count). The summed E-state index contributed by atoms with van der Waals surface area (Å²) in [6, 6.07) is 4.22. The third-order valence-corrected chi connectivity index (χ3v) is 7.68. The van der Waals surface area contributed by atoms with Crippen LogP contribution in [0.1, 0.15) is 56.0 Å². The van der Waals surface area contributed by atoms with Crippen LogP contribution in [0, 0.1) is 12.8 Å². The minimum Gasteiger partial charge on any atom is -0.385 e. The summed E-state index contributed by atoms with van der Waals surface area (Å²) in [6.45, 7) is 9.01. The maximum Gasteiger partial charge on any atom is 0.259 e. The Morgan fingerprint density at radius 3 is 2.71 bits per heavy atom. The quantitative estimate of drug-likeness (QED) is 0.519. The van der Waals surface area contributed by atoms with E-state index in [4.69, 9.17) is 4.74 Å². The Bertz CT molecular complexity index is 1260. The lowest BCUT2D eigenvalue weighted by Gasteiger charge is -2.40. The van der Waals surface area contributed by atoms with Gasteiger partial charge in [-0.3, -0.25) is 19.2 Å². The van der Waals surface area contributed by atoms with Crippen LogP contribution in [0.3, 0.4) is 0 Å². The van der Waals surface area contributed by atoms with E-state index in [2.05, 4.69) is 21.9 Å². The van der Waals surface area contributed by atoms with Crippen LogP contribution in [0.25, 0.3) is 21.8 Å². The van der Waals surface area contributed by atoms with E-state index in [0.717, 1.165) is 54.6 Å². The van der Waals surface area contributed by atoms with Crippen LogP contribution >= 0.6 is 0 Å². The third kappa shape index (κ3) is 4.86. The van der Waals surface area contributed by atoms with Crippen LogP contribution in [-0.4, -0.2) is 76.4 Å². The summed E-state index contributed by atoms with van der Waals surface area (Å²) < 4.78 is 7.16. The smallest absolute Gasteiger partial charge is 0.259 e. The standard InChI is InChI=1S/C26H35N5O3.CH4/c1-17-12-23-21(24-22(25(32)28-23)14-27-31(24)16-19-6-4-7-19)13-20(17)26(33)30-10-9-29(18(2)15-30)8-5-11-34-3;/h12-14,18-19H,4-11,15-16H2,1-3H3,(H,28,32);1H4/t18-;/m1./s1. The summed E-state index contributed by atoms with van der Waals surface area (Å²) in [4.78, 5) is 33.8. The number of fused-ring (bicyclic) bond motifs is 3. The number of amides is 1. The van der Waals surface area contributed by atoms with Gasteiger partial charge in [-0.25, -0.2) is 0 Å². The maximum absolute atomic E-state index is 13.6. The molecule has 2 aliphatic rings. The van der Waals surface area contributed by atoms with E-state index in [0.29, 0.717) is 36.0 Å². The zero-order valence-corrected chi connectivity index (χ0v) is 20.5. The van der Waals surface area contributed by atoms with Crippen LogP contribution in [0.4, 0.5) is 0 Å². The van der Waals surface area contributed by atoms with Gasteiger partial charge in [0.15, 0.2) is 0 Å². The molecule has 0 radical (unpaired) electrons. The van der Waals surface area contributed by atoms with Crippen LogP contribution < -0.4 is 5.56 Å². The molecule has 1 aliphatic carbocycles. The van der Waals surface area contributed by atoms with Gasteiger partial charge in [0.05, 0.1) is 22.6 Å². The third-order valence-electron chi connectivity index (χ3n) is 7.68. The Morgan fingerprint density at radius 1 is 1.23 bits per heavy atom. The number of rotatable bonds is 7. The molecule has 1 saturated carbocycles.